The normalized spacial score (nSPS) is 27.0. The molecular weight excluding hydrogens is 396 g/mol. The smallest absolute Gasteiger partial charge is 0.394 e. The molecule has 3 aliphatic rings. The summed E-state index contributed by atoms with van der Waals surface area (Å²) < 4.78 is 36.9. The van der Waals surface area contributed by atoms with Crippen LogP contribution in [0.25, 0.3) is 10.9 Å². The van der Waals surface area contributed by atoms with E-state index in [0.29, 0.717) is 11.8 Å². The van der Waals surface area contributed by atoms with Gasteiger partial charge < -0.3 is 9.84 Å². The second-order valence-electron chi connectivity index (χ2n) is 7.42. The molecule has 8 nitrogen and oxygen atoms in total. The molecule has 2 aromatic rings. The Morgan fingerprint density at radius 2 is 2.07 bits per heavy atom. The summed E-state index contributed by atoms with van der Waals surface area (Å²) in [5.74, 6) is 2.01. The Kier molecular flexibility index (Phi) is 6.55. The highest BCUT2D eigenvalue weighted by molar-refractivity contribution is 7.79. The van der Waals surface area contributed by atoms with Gasteiger partial charge in [-0.15, -0.1) is 6.58 Å². The van der Waals surface area contributed by atoms with Gasteiger partial charge in [0.15, 0.2) is 0 Å². The van der Waals surface area contributed by atoms with Crippen LogP contribution in [0.4, 0.5) is 0 Å². The molecule has 29 heavy (non-hydrogen) atoms. The van der Waals surface area contributed by atoms with Gasteiger partial charge in [-0.1, -0.05) is 6.08 Å². The molecule has 3 N–H and O–H groups in total. The summed E-state index contributed by atoms with van der Waals surface area (Å²) in [6.45, 7) is 6.07. The van der Waals surface area contributed by atoms with Crippen molar-refractivity contribution in [2.75, 3.05) is 20.2 Å². The highest BCUT2D eigenvalue weighted by atomic mass is 32.3. The van der Waals surface area contributed by atoms with E-state index in [1.165, 1.54) is 6.42 Å². The lowest BCUT2D eigenvalue weighted by molar-refractivity contribution is -0.0444. The Labute approximate surface area is 170 Å². The van der Waals surface area contributed by atoms with E-state index < -0.39 is 16.5 Å². The largest absolute Gasteiger partial charge is 0.497 e. The van der Waals surface area contributed by atoms with Gasteiger partial charge in [0.25, 0.3) is 0 Å². The van der Waals surface area contributed by atoms with Crippen LogP contribution in [0.1, 0.15) is 24.5 Å². The second-order valence-corrected chi connectivity index (χ2v) is 8.32. The zero-order chi connectivity index (χ0) is 21.2. The number of aromatic nitrogens is 1. The van der Waals surface area contributed by atoms with E-state index in [-0.39, 0.29) is 6.04 Å². The maximum Gasteiger partial charge on any atom is 0.394 e. The first-order valence-electron chi connectivity index (χ1n) is 9.38. The average molecular weight is 423 g/mol. The summed E-state index contributed by atoms with van der Waals surface area (Å²) in [6, 6.07) is 7.96. The van der Waals surface area contributed by atoms with E-state index in [4.69, 9.17) is 22.3 Å². The van der Waals surface area contributed by atoms with Gasteiger partial charge in [-0.05, 0) is 61.1 Å². The quantitative estimate of drug-likeness (QED) is 0.508. The fraction of sp³-hybridized carbons (Fsp3) is 0.450. The maximum atomic E-state index is 11.2. The lowest BCUT2D eigenvalue weighted by atomic mass is 9.73. The zero-order valence-electron chi connectivity index (χ0n) is 16.2. The SMILES string of the molecule is C=C[C@H]1C[N@]2CC[C@H]1C[C@@H]2C(O)c1ccnc2ccc(OC)cc12.O=S(=O)(O)O. The van der Waals surface area contributed by atoms with Crippen molar-refractivity contribution in [1.29, 1.82) is 0 Å². The first kappa shape index (κ1) is 21.7. The fourth-order valence-electron chi connectivity index (χ4n) is 4.44. The van der Waals surface area contributed by atoms with Crippen LogP contribution in [0.15, 0.2) is 43.1 Å². The van der Waals surface area contributed by atoms with E-state index in [1.807, 2.05) is 24.3 Å². The molecule has 1 unspecified atom stereocenters. The van der Waals surface area contributed by atoms with Crippen LogP contribution in [0, 0.1) is 11.8 Å². The van der Waals surface area contributed by atoms with Crippen molar-refractivity contribution in [3.05, 3.63) is 48.7 Å². The Morgan fingerprint density at radius 1 is 1.34 bits per heavy atom. The van der Waals surface area contributed by atoms with Crippen molar-refractivity contribution >= 4 is 21.3 Å². The van der Waals surface area contributed by atoms with Gasteiger partial charge in [0.2, 0.25) is 0 Å². The van der Waals surface area contributed by atoms with E-state index in [0.717, 1.165) is 41.7 Å². The van der Waals surface area contributed by atoms with Crippen molar-refractivity contribution in [3.8, 4) is 5.75 Å². The highest BCUT2D eigenvalue weighted by Gasteiger charge is 2.42. The van der Waals surface area contributed by atoms with Crippen LogP contribution in [-0.4, -0.2) is 58.8 Å². The zero-order valence-corrected chi connectivity index (χ0v) is 17.0. The van der Waals surface area contributed by atoms with Crippen LogP contribution in [0.5, 0.6) is 5.75 Å². The number of benzene rings is 1. The number of rotatable bonds is 4. The van der Waals surface area contributed by atoms with Crippen molar-refractivity contribution < 1.29 is 27.4 Å². The summed E-state index contributed by atoms with van der Waals surface area (Å²) >= 11 is 0. The molecule has 5 atom stereocenters. The number of aliphatic hydroxyl groups excluding tert-OH is 1. The van der Waals surface area contributed by atoms with Crippen molar-refractivity contribution in [1.82, 2.24) is 9.88 Å². The minimum absolute atomic E-state index is 0.178. The highest BCUT2D eigenvalue weighted by Crippen LogP contribution is 2.42. The first-order valence-corrected chi connectivity index (χ1v) is 10.8. The summed E-state index contributed by atoms with van der Waals surface area (Å²) in [6.07, 6.45) is 5.62. The summed E-state index contributed by atoms with van der Waals surface area (Å²) in [5.41, 5.74) is 1.85. The van der Waals surface area contributed by atoms with Gasteiger partial charge in [-0.3, -0.25) is 19.0 Å². The van der Waals surface area contributed by atoms with E-state index in [9.17, 15) is 5.11 Å². The van der Waals surface area contributed by atoms with Crippen LogP contribution >= 0.6 is 0 Å². The third kappa shape index (κ3) is 5.12. The van der Waals surface area contributed by atoms with Gasteiger partial charge in [-0.25, -0.2) is 0 Å². The second kappa shape index (κ2) is 8.76. The van der Waals surface area contributed by atoms with Crippen molar-refractivity contribution in [3.63, 3.8) is 0 Å². The lowest BCUT2D eigenvalue weighted by Crippen LogP contribution is -2.54. The molecule has 5 rings (SSSR count). The fourth-order valence-corrected chi connectivity index (χ4v) is 4.44. The van der Waals surface area contributed by atoms with E-state index >= 15 is 0 Å². The predicted molar refractivity (Wildman–Crippen MR) is 109 cm³/mol. The van der Waals surface area contributed by atoms with Crippen molar-refractivity contribution in [2.45, 2.75) is 25.0 Å². The predicted octanol–water partition coefficient (Wildman–Crippen LogP) is 2.52. The molecule has 158 valence electrons. The number of hydrogen-bond donors (Lipinski definition) is 3. The number of methoxy groups -OCH3 is 1. The monoisotopic (exact) mass is 422 g/mol. The van der Waals surface area contributed by atoms with Gasteiger partial charge in [0.05, 0.1) is 18.7 Å². The van der Waals surface area contributed by atoms with E-state index in [2.05, 4.69) is 22.5 Å². The average Bonchev–Trinajstić information content (AvgIpc) is 2.71. The molecule has 0 spiro atoms. The summed E-state index contributed by atoms with van der Waals surface area (Å²) in [4.78, 5) is 6.86. The van der Waals surface area contributed by atoms with Gasteiger partial charge >= 0.3 is 10.4 Å². The van der Waals surface area contributed by atoms with Crippen LogP contribution < -0.4 is 4.74 Å². The number of hydrogen-bond acceptors (Lipinski definition) is 6. The first-order chi connectivity index (χ1) is 13.7. The minimum Gasteiger partial charge on any atom is -0.497 e. The molecule has 3 aliphatic heterocycles. The topological polar surface area (TPSA) is 120 Å². The molecule has 4 heterocycles. The number of pyridine rings is 1. The molecule has 0 radical (unpaired) electrons. The molecule has 9 heteroatoms. The molecule has 0 saturated carbocycles. The Morgan fingerprint density at radius 3 is 2.66 bits per heavy atom. The summed E-state index contributed by atoms with van der Waals surface area (Å²) in [7, 11) is -3.01. The molecular formula is C20H26N2O6S. The molecule has 0 amide bonds. The van der Waals surface area contributed by atoms with Gasteiger partial charge in [-0.2, -0.15) is 8.42 Å². The van der Waals surface area contributed by atoms with Crippen LogP contribution in [0.2, 0.25) is 0 Å². The molecule has 3 fully saturated rings. The number of fused-ring (bicyclic) bond motifs is 4. The number of piperidine rings is 3. The maximum absolute atomic E-state index is 11.2. The molecule has 1 aromatic carbocycles. The van der Waals surface area contributed by atoms with Gasteiger partial charge in [0.1, 0.15) is 5.75 Å². The number of ether oxygens (including phenoxy) is 1. The number of nitrogens with zero attached hydrogens (tertiary/aromatic N) is 2. The lowest BCUT2D eigenvalue weighted by Gasteiger charge is -2.50. The van der Waals surface area contributed by atoms with Crippen LogP contribution in [-0.2, 0) is 10.4 Å². The third-order valence-corrected chi connectivity index (χ3v) is 5.82. The van der Waals surface area contributed by atoms with Gasteiger partial charge in [0, 0.05) is 24.2 Å². The Balaban J connectivity index is 0.000000431. The van der Waals surface area contributed by atoms with Crippen molar-refractivity contribution in [2.24, 2.45) is 11.8 Å². The third-order valence-electron chi connectivity index (χ3n) is 5.82. The molecule has 2 bridgehead atoms. The van der Waals surface area contributed by atoms with Crippen LogP contribution in [0.3, 0.4) is 0 Å². The summed E-state index contributed by atoms with van der Waals surface area (Å²) in [5, 5.41) is 12.1. The minimum atomic E-state index is -4.67. The standard InChI is InChI=1S/C20H24N2O2.H2O4S/c1-3-13-12-22-9-7-14(13)10-19(22)20(23)16-6-8-21-18-5-4-15(24-2)11-17(16)18;1-5(2,3)4/h3-6,8,11,13-14,19-20,23H,1,7,9-10,12H2,2H3;(H2,1,2,3,4)/t13-,14-,19+,20?;/m0./s1. The Bertz CT molecular complexity index is 972. The molecule has 0 aliphatic carbocycles. The molecule has 3 saturated heterocycles. The number of aliphatic hydroxyl groups is 1. The molecule has 1 aromatic heterocycles. The Hall–Kier alpha value is -2.04. The van der Waals surface area contributed by atoms with E-state index in [1.54, 1.807) is 13.3 Å².